The van der Waals surface area contributed by atoms with Crippen LogP contribution in [0.5, 0.6) is 0 Å². The van der Waals surface area contributed by atoms with Crippen LogP contribution in [0.3, 0.4) is 0 Å². The first-order valence-corrected chi connectivity index (χ1v) is 7.46. The van der Waals surface area contributed by atoms with Gasteiger partial charge >= 0.3 is 0 Å². The quantitative estimate of drug-likeness (QED) is 0.765. The lowest BCUT2D eigenvalue weighted by Gasteiger charge is -2.22. The number of carbonyl (C=O) groups is 1. The van der Waals surface area contributed by atoms with Gasteiger partial charge in [0, 0.05) is 18.0 Å². The van der Waals surface area contributed by atoms with Crippen LogP contribution in [0.4, 0.5) is 0 Å². The molecule has 0 saturated heterocycles. The van der Waals surface area contributed by atoms with Crippen molar-refractivity contribution in [3.63, 3.8) is 0 Å². The average Bonchev–Trinajstić information content (AvgIpc) is 2.83. The number of hydrogen-bond acceptors (Lipinski definition) is 5. The summed E-state index contributed by atoms with van der Waals surface area (Å²) in [5.74, 6) is -0.131. The fourth-order valence-electron chi connectivity index (χ4n) is 1.57. The molecule has 19 heavy (non-hydrogen) atoms. The van der Waals surface area contributed by atoms with Crippen molar-refractivity contribution in [3.8, 4) is 0 Å². The van der Waals surface area contributed by atoms with E-state index in [0.29, 0.717) is 24.6 Å². The molecule has 0 radical (unpaired) electrons. The molecule has 1 rings (SSSR count). The van der Waals surface area contributed by atoms with Crippen molar-refractivity contribution in [2.75, 3.05) is 6.61 Å². The second-order valence-electron chi connectivity index (χ2n) is 4.94. The molecule has 6 heteroatoms. The fourth-order valence-corrected chi connectivity index (χ4v) is 2.44. The van der Waals surface area contributed by atoms with Gasteiger partial charge in [0.25, 0.3) is 5.91 Å². The fraction of sp³-hybridized carbons (Fsp3) is 0.692. The van der Waals surface area contributed by atoms with Gasteiger partial charge in [0.15, 0.2) is 0 Å². The zero-order valence-corrected chi connectivity index (χ0v) is 12.6. The molecule has 0 bridgehead atoms. The molecule has 5 nitrogen and oxygen atoms in total. The van der Waals surface area contributed by atoms with Gasteiger partial charge in [-0.15, -0.1) is 11.3 Å². The molecule has 1 aromatic rings. The van der Waals surface area contributed by atoms with Gasteiger partial charge in [-0.1, -0.05) is 20.8 Å². The molecule has 1 aromatic heterocycles. The summed E-state index contributed by atoms with van der Waals surface area (Å²) in [5.41, 5.74) is 11.6. The average molecular weight is 285 g/mol. The van der Waals surface area contributed by atoms with Crippen molar-refractivity contribution in [1.82, 2.24) is 4.98 Å². The van der Waals surface area contributed by atoms with Crippen LogP contribution in [-0.4, -0.2) is 23.5 Å². The van der Waals surface area contributed by atoms with Crippen LogP contribution in [0.1, 0.15) is 55.2 Å². The number of rotatable bonds is 8. The minimum Gasteiger partial charge on any atom is -0.371 e. The van der Waals surface area contributed by atoms with Gasteiger partial charge < -0.3 is 16.2 Å². The molecule has 0 fully saturated rings. The summed E-state index contributed by atoms with van der Waals surface area (Å²) in [7, 11) is 0. The van der Waals surface area contributed by atoms with Crippen LogP contribution >= 0.6 is 11.3 Å². The summed E-state index contributed by atoms with van der Waals surface area (Å²) in [4.78, 5) is 15.3. The summed E-state index contributed by atoms with van der Waals surface area (Å²) in [5, 5.41) is 2.44. The van der Waals surface area contributed by atoms with E-state index in [1.54, 1.807) is 5.38 Å². The maximum atomic E-state index is 11.1. The van der Waals surface area contributed by atoms with E-state index in [4.69, 9.17) is 16.2 Å². The second-order valence-corrected chi connectivity index (χ2v) is 5.83. The minimum absolute atomic E-state index is 0.0442. The Morgan fingerprint density at radius 3 is 2.68 bits per heavy atom. The molecule has 0 aliphatic carbocycles. The van der Waals surface area contributed by atoms with Gasteiger partial charge in [-0.05, 0) is 18.8 Å². The van der Waals surface area contributed by atoms with Crippen molar-refractivity contribution in [3.05, 3.63) is 16.1 Å². The lowest BCUT2D eigenvalue weighted by Crippen LogP contribution is -2.29. The van der Waals surface area contributed by atoms with E-state index in [-0.39, 0.29) is 12.1 Å². The highest BCUT2D eigenvalue weighted by atomic mass is 32.1. The molecule has 2 atom stereocenters. The van der Waals surface area contributed by atoms with E-state index in [2.05, 4.69) is 25.8 Å². The van der Waals surface area contributed by atoms with Gasteiger partial charge in [0.1, 0.15) is 16.8 Å². The summed E-state index contributed by atoms with van der Waals surface area (Å²) >= 11 is 1.40. The molecule has 4 N–H and O–H groups in total. The van der Waals surface area contributed by atoms with Gasteiger partial charge in [0.05, 0.1) is 0 Å². The van der Waals surface area contributed by atoms with Crippen molar-refractivity contribution in [2.45, 2.75) is 45.8 Å². The molecule has 108 valence electrons. The van der Waals surface area contributed by atoms with Crippen LogP contribution in [-0.2, 0) is 4.74 Å². The van der Waals surface area contributed by atoms with Crippen LogP contribution in [0.25, 0.3) is 0 Å². The molecule has 2 unspecified atom stereocenters. The Morgan fingerprint density at radius 2 is 2.21 bits per heavy atom. The standard InChI is InChI=1S/C13H23N3O2S/c1-4-5-18-11(6-9(14)8(2)3)13-16-10(7-19-13)12(15)17/h7-9,11H,4-6,14H2,1-3H3,(H2,15,17). The first-order valence-electron chi connectivity index (χ1n) is 6.58. The lowest BCUT2D eigenvalue weighted by atomic mass is 9.99. The number of nitrogens with two attached hydrogens (primary N) is 2. The Labute approximate surface area is 118 Å². The third-order valence-electron chi connectivity index (χ3n) is 2.92. The highest BCUT2D eigenvalue weighted by Gasteiger charge is 2.22. The van der Waals surface area contributed by atoms with E-state index < -0.39 is 5.91 Å². The topological polar surface area (TPSA) is 91.2 Å². The smallest absolute Gasteiger partial charge is 0.268 e. The first kappa shape index (κ1) is 16.1. The number of aromatic nitrogens is 1. The molecule has 1 heterocycles. The Kier molecular flexibility index (Phi) is 6.41. The van der Waals surface area contributed by atoms with Crippen molar-refractivity contribution in [2.24, 2.45) is 17.4 Å². The van der Waals surface area contributed by atoms with Crippen LogP contribution in [0.15, 0.2) is 5.38 Å². The Bertz CT molecular complexity index is 406. The highest BCUT2D eigenvalue weighted by Crippen LogP contribution is 2.27. The van der Waals surface area contributed by atoms with Crippen LogP contribution in [0, 0.1) is 5.92 Å². The van der Waals surface area contributed by atoms with Crippen LogP contribution in [0.2, 0.25) is 0 Å². The third kappa shape index (κ3) is 4.89. The van der Waals surface area contributed by atoms with E-state index in [9.17, 15) is 4.79 Å². The number of ether oxygens (including phenoxy) is 1. The number of primary amides is 1. The Hall–Kier alpha value is -0.980. The van der Waals surface area contributed by atoms with Gasteiger partial charge in [-0.2, -0.15) is 0 Å². The highest BCUT2D eigenvalue weighted by molar-refractivity contribution is 7.09. The summed E-state index contributed by atoms with van der Waals surface area (Å²) in [6.07, 6.45) is 1.47. The number of hydrogen-bond donors (Lipinski definition) is 2. The molecule has 0 aromatic carbocycles. The largest absolute Gasteiger partial charge is 0.371 e. The lowest BCUT2D eigenvalue weighted by molar-refractivity contribution is 0.0390. The molecule has 0 spiro atoms. The van der Waals surface area contributed by atoms with Gasteiger partial charge in [-0.3, -0.25) is 4.79 Å². The van der Waals surface area contributed by atoms with E-state index in [1.807, 2.05) is 0 Å². The number of amides is 1. The maximum absolute atomic E-state index is 11.1. The number of carbonyl (C=O) groups excluding carboxylic acids is 1. The maximum Gasteiger partial charge on any atom is 0.268 e. The zero-order chi connectivity index (χ0) is 14.4. The van der Waals surface area contributed by atoms with E-state index in [0.717, 1.165) is 11.4 Å². The second kappa shape index (κ2) is 7.57. The Balaban J connectivity index is 2.79. The van der Waals surface area contributed by atoms with Crippen molar-refractivity contribution in [1.29, 1.82) is 0 Å². The van der Waals surface area contributed by atoms with Crippen molar-refractivity contribution >= 4 is 17.2 Å². The molecule has 0 aliphatic rings. The van der Waals surface area contributed by atoms with Crippen molar-refractivity contribution < 1.29 is 9.53 Å². The third-order valence-corrected chi connectivity index (χ3v) is 3.85. The van der Waals surface area contributed by atoms with Gasteiger partial charge in [0.2, 0.25) is 0 Å². The number of nitrogens with zero attached hydrogens (tertiary/aromatic N) is 1. The first-order chi connectivity index (χ1) is 8.95. The molecule has 1 amide bonds. The predicted molar refractivity (Wildman–Crippen MR) is 77.0 cm³/mol. The minimum atomic E-state index is -0.509. The Morgan fingerprint density at radius 1 is 1.53 bits per heavy atom. The number of thiazole rings is 1. The summed E-state index contributed by atoms with van der Waals surface area (Å²) < 4.78 is 5.81. The monoisotopic (exact) mass is 285 g/mol. The zero-order valence-electron chi connectivity index (χ0n) is 11.8. The predicted octanol–water partition coefficient (Wildman–Crippen LogP) is 2.08. The molecule has 0 saturated carbocycles. The van der Waals surface area contributed by atoms with E-state index in [1.165, 1.54) is 11.3 Å². The van der Waals surface area contributed by atoms with Crippen LogP contribution < -0.4 is 11.5 Å². The normalized spacial score (nSPS) is 14.6. The molecule has 0 aliphatic heterocycles. The SMILES string of the molecule is CCCOC(CC(N)C(C)C)c1nc(C(N)=O)cs1. The summed E-state index contributed by atoms with van der Waals surface area (Å²) in [6, 6.07) is 0.0442. The molecular formula is C13H23N3O2S. The summed E-state index contributed by atoms with van der Waals surface area (Å²) in [6.45, 7) is 6.87. The molecular weight excluding hydrogens is 262 g/mol. The van der Waals surface area contributed by atoms with Gasteiger partial charge in [-0.25, -0.2) is 4.98 Å². The van der Waals surface area contributed by atoms with E-state index >= 15 is 0 Å².